The van der Waals surface area contributed by atoms with Crippen LogP contribution < -0.4 is 10.1 Å². The lowest BCUT2D eigenvalue weighted by Gasteiger charge is -2.54. The fourth-order valence-corrected chi connectivity index (χ4v) is 7.07. The Balaban J connectivity index is 0.00000274. The van der Waals surface area contributed by atoms with E-state index in [2.05, 4.69) is 15.3 Å². The molecule has 6 rings (SSSR count). The zero-order valence-electron chi connectivity index (χ0n) is 20.3. The highest BCUT2D eigenvalue weighted by Gasteiger charge is 2.48. The van der Waals surface area contributed by atoms with Crippen LogP contribution in [0, 0.1) is 29.6 Å². The van der Waals surface area contributed by atoms with Crippen molar-refractivity contribution in [2.24, 2.45) is 29.6 Å². The maximum absolute atomic E-state index is 13.3. The second-order valence-electron chi connectivity index (χ2n) is 11.1. The van der Waals surface area contributed by atoms with Crippen LogP contribution in [0.25, 0.3) is 0 Å². The highest BCUT2D eigenvalue weighted by atomic mass is 35.5. The third-order valence-electron chi connectivity index (χ3n) is 8.47. The van der Waals surface area contributed by atoms with Gasteiger partial charge in [0.2, 0.25) is 5.88 Å². The van der Waals surface area contributed by atoms with E-state index >= 15 is 0 Å². The highest BCUT2D eigenvalue weighted by molar-refractivity contribution is 5.96. The van der Waals surface area contributed by atoms with Crippen molar-refractivity contribution in [2.75, 3.05) is 19.6 Å². The minimum absolute atomic E-state index is 0. The van der Waals surface area contributed by atoms with Gasteiger partial charge >= 0.3 is 5.97 Å². The van der Waals surface area contributed by atoms with E-state index in [0.717, 1.165) is 31.5 Å². The van der Waals surface area contributed by atoms with Gasteiger partial charge in [-0.25, -0.2) is 4.68 Å². The van der Waals surface area contributed by atoms with Crippen molar-refractivity contribution in [3.8, 4) is 5.88 Å². The minimum atomic E-state index is -0.691. The zero-order chi connectivity index (χ0) is 23.1. The van der Waals surface area contributed by atoms with Crippen LogP contribution in [0.2, 0.25) is 0 Å². The van der Waals surface area contributed by atoms with E-state index in [1.54, 1.807) is 10.9 Å². The Labute approximate surface area is 208 Å². The van der Waals surface area contributed by atoms with Gasteiger partial charge in [-0.1, -0.05) is 0 Å². The lowest BCUT2D eigenvalue weighted by Crippen LogP contribution is -2.55. The van der Waals surface area contributed by atoms with E-state index < -0.39 is 5.97 Å². The monoisotopic (exact) mass is 494 g/mol. The van der Waals surface area contributed by atoms with E-state index in [1.165, 1.54) is 32.1 Å². The van der Waals surface area contributed by atoms with Gasteiger partial charge in [0.25, 0.3) is 5.91 Å². The fourth-order valence-electron chi connectivity index (χ4n) is 7.07. The molecule has 1 aromatic heterocycles. The summed E-state index contributed by atoms with van der Waals surface area (Å²) in [5.41, 5.74) is 0.530. The van der Waals surface area contributed by atoms with Crippen molar-refractivity contribution in [2.45, 2.75) is 77.5 Å². The van der Waals surface area contributed by atoms with E-state index in [0.29, 0.717) is 42.7 Å². The number of piperidine rings is 1. The summed E-state index contributed by atoms with van der Waals surface area (Å²) in [4.78, 5) is 26.8. The Hall–Kier alpha value is -1.80. The van der Waals surface area contributed by atoms with E-state index in [4.69, 9.17) is 4.74 Å². The Kier molecular flexibility index (Phi) is 7.77. The van der Waals surface area contributed by atoms with Crippen molar-refractivity contribution in [1.82, 2.24) is 20.0 Å². The van der Waals surface area contributed by atoms with Gasteiger partial charge in [-0.3, -0.25) is 9.59 Å². The molecule has 34 heavy (non-hydrogen) atoms. The van der Waals surface area contributed by atoms with Gasteiger partial charge in [-0.2, -0.15) is 5.10 Å². The SMILES string of the molecule is CC(C)Oc1c(C(=O)NC2C3CC4CC(C3)CC2C4)cnn1CCN1CCC(C(=O)O)CC1.Cl. The molecule has 9 heteroatoms. The molecule has 0 spiro atoms. The highest BCUT2D eigenvalue weighted by Crippen LogP contribution is 2.53. The average Bonchev–Trinajstić information content (AvgIpc) is 3.16. The van der Waals surface area contributed by atoms with E-state index in [-0.39, 0.29) is 36.4 Å². The summed E-state index contributed by atoms with van der Waals surface area (Å²) in [7, 11) is 0. The number of nitrogens with one attached hydrogen (secondary N) is 1. The Morgan fingerprint density at radius 1 is 1.09 bits per heavy atom. The van der Waals surface area contributed by atoms with Gasteiger partial charge in [0, 0.05) is 12.6 Å². The predicted octanol–water partition coefficient (Wildman–Crippen LogP) is 3.44. The molecule has 4 aliphatic carbocycles. The van der Waals surface area contributed by atoms with Crippen LogP contribution in [0.15, 0.2) is 6.20 Å². The number of aliphatic carboxylic acids is 1. The van der Waals surface area contributed by atoms with Crippen LogP contribution in [0.5, 0.6) is 5.88 Å². The Morgan fingerprint density at radius 2 is 1.71 bits per heavy atom. The maximum Gasteiger partial charge on any atom is 0.306 e. The number of likely N-dealkylation sites (tertiary alicyclic amines) is 1. The summed E-state index contributed by atoms with van der Waals surface area (Å²) < 4.78 is 7.88. The number of halogens is 1. The van der Waals surface area contributed by atoms with Crippen molar-refractivity contribution in [3.63, 3.8) is 0 Å². The number of carbonyl (C=O) groups excluding carboxylic acids is 1. The molecular formula is C25H39ClN4O4. The zero-order valence-corrected chi connectivity index (χ0v) is 21.1. The number of hydrogen-bond acceptors (Lipinski definition) is 5. The number of nitrogens with zero attached hydrogens (tertiary/aromatic N) is 3. The molecule has 5 aliphatic rings. The predicted molar refractivity (Wildman–Crippen MR) is 130 cm³/mol. The first-order valence-corrected chi connectivity index (χ1v) is 12.9. The van der Waals surface area contributed by atoms with Gasteiger partial charge in [0.1, 0.15) is 5.56 Å². The summed E-state index contributed by atoms with van der Waals surface area (Å²) in [6.45, 7) is 6.86. The number of carboxylic acid groups (broad SMARTS) is 1. The van der Waals surface area contributed by atoms with Crippen LogP contribution in [0.1, 0.15) is 69.2 Å². The molecule has 0 atom stereocenters. The first kappa shape index (κ1) is 25.3. The van der Waals surface area contributed by atoms with Crippen LogP contribution in [0.3, 0.4) is 0 Å². The molecule has 0 radical (unpaired) electrons. The summed E-state index contributed by atoms with van der Waals surface area (Å²) in [6.07, 6.45) is 9.44. The molecule has 2 heterocycles. The molecule has 0 aromatic carbocycles. The lowest BCUT2D eigenvalue weighted by molar-refractivity contribution is -0.143. The van der Waals surface area contributed by atoms with Gasteiger partial charge < -0.3 is 20.1 Å². The van der Waals surface area contributed by atoms with Crippen LogP contribution in [0.4, 0.5) is 0 Å². The van der Waals surface area contributed by atoms with E-state index in [9.17, 15) is 14.7 Å². The number of aromatic nitrogens is 2. The van der Waals surface area contributed by atoms with Crippen LogP contribution >= 0.6 is 12.4 Å². The Bertz CT molecular complexity index is 852. The molecular weight excluding hydrogens is 456 g/mol. The molecule has 190 valence electrons. The number of rotatable bonds is 8. The van der Waals surface area contributed by atoms with Gasteiger partial charge in [0.05, 0.1) is 24.8 Å². The normalized spacial score (nSPS) is 30.9. The first-order chi connectivity index (χ1) is 15.9. The van der Waals surface area contributed by atoms with E-state index in [1.807, 2.05) is 13.8 Å². The molecule has 4 saturated carbocycles. The number of carbonyl (C=O) groups is 2. The van der Waals surface area contributed by atoms with Crippen molar-refractivity contribution in [3.05, 3.63) is 11.8 Å². The van der Waals surface area contributed by atoms with Crippen molar-refractivity contribution < 1.29 is 19.4 Å². The third kappa shape index (κ3) is 5.23. The maximum atomic E-state index is 13.3. The second kappa shape index (κ2) is 10.4. The molecule has 2 N–H and O–H groups in total. The number of amides is 1. The van der Waals surface area contributed by atoms with Crippen LogP contribution in [-0.2, 0) is 11.3 Å². The summed E-state index contributed by atoms with van der Waals surface area (Å²) in [5, 5.41) is 17.1. The summed E-state index contributed by atoms with van der Waals surface area (Å²) >= 11 is 0. The van der Waals surface area contributed by atoms with Gasteiger partial charge in [-0.05, 0) is 95.6 Å². The molecule has 8 nitrogen and oxygen atoms in total. The molecule has 1 aliphatic heterocycles. The van der Waals surface area contributed by atoms with Crippen molar-refractivity contribution >= 4 is 24.3 Å². The lowest BCUT2D eigenvalue weighted by atomic mass is 9.54. The molecule has 1 amide bonds. The smallest absolute Gasteiger partial charge is 0.306 e. The molecule has 1 saturated heterocycles. The third-order valence-corrected chi connectivity index (χ3v) is 8.47. The number of hydrogen-bond donors (Lipinski definition) is 2. The minimum Gasteiger partial charge on any atom is -0.481 e. The summed E-state index contributed by atoms with van der Waals surface area (Å²) in [6, 6.07) is 0.288. The largest absolute Gasteiger partial charge is 0.481 e. The Morgan fingerprint density at radius 3 is 2.26 bits per heavy atom. The fraction of sp³-hybridized carbons (Fsp3) is 0.800. The van der Waals surface area contributed by atoms with Crippen molar-refractivity contribution in [1.29, 1.82) is 0 Å². The standard InChI is InChI=1S/C25H38N4O4.ClH/c1-15(2)33-24-21(14-26-29(24)8-7-28-5-3-18(4-6-28)25(31)32)23(30)27-22-19-10-16-9-17(12-19)13-20(22)11-16;/h14-20,22H,3-13H2,1-2H3,(H,27,30)(H,31,32);1H. The topological polar surface area (TPSA) is 96.7 Å². The molecule has 5 fully saturated rings. The number of ether oxygens (including phenoxy) is 1. The quantitative estimate of drug-likeness (QED) is 0.574. The van der Waals surface area contributed by atoms with Gasteiger partial charge in [-0.15, -0.1) is 12.4 Å². The molecule has 4 bridgehead atoms. The molecule has 1 aromatic rings. The second-order valence-corrected chi connectivity index (χ2v) is 11.1. The first-order valence-electron chi connectivity index (χ1n) is 12.9. The summed E-state index contributed by atoms with van der Waals surface area (Å²) in [5.74, 6) is 2.58. The molecule has 0 unspecified atom stereocenters. The van der Waals surface area contributed by atoms with Gasteiger partial charge in [0.15, 0.2) is 0 Å². The number of carboxylic acids is 1. The van der Waals surface area contributed by atoms with Crippen LogP contribution in [-0.4, -0.2) is 63.4 Å². The average molecular weight is 495 g/mol.